The lowest BCUT2D eigenvalue weighted by Crippen LogP contribution is -2.07. The van der Waals surface area contributed by atoms with Gasteiger partial charge in [0.15, 0.2) is 0 Å². The van der Waals surface area contributed by atoms with Crippen LogP contribution in [0.4, 0.5) is 0 Å². The van der Waals surface area contributed by atoms with E-state index in [2.05, 4.69) is 0 Å². The fraction of sp³-hybridized carbons (Fsp3) is 0.471. The Morgan fingerprint density at radius 2 is 1.74 bits per heavy atom. The molecular weight excluding hydrogens is 236 g/mol. The van der Waals surface area contributed by atoms with Gasteiger partial charge in [0.25, 0.3) is 0 Å². The van der Waals surface area contributed by atoms with E-state index < -0.39 is 5.97 Å². The van der Waals surface area contributed by atoms with Gasteiger partial charge >= 0.3 is 5.97 Å². The normalized spacial score (nSPS) is 18.0. The van der Waals surface area contributed by atoms with Gasteiger partial charge in [0.05, 0.1) is 0 Å². The molecule has 1 aromatic rings. The molecule has 0 heterocycles. The minimum atomic E-state index is -0.770. The van der Waals surface area contributed by atoms with Crippen molar-refractivity contribution in [3.63, 3.8) is 0 Å². The molecule has 0 aromatic heterocycles. The molecule has 1 aromatic carbocycles. The van der Waals surface area contributed by atoms with Crippen LogP contribution < -0.4 is 0 Å². The zero-order valence-electron chi connectivity index (χ0n) is 11.3. The van der Waals surface area contributed by atoms with E-state index in [4.69, 9.17) is 0 Å². The number of carboxylic acids is 1. The fourth-order valence-corrected chi connectivity index (χ4v) is 2.84. The third kappa shape index (κ3) is 4.55. The standard InChI is InChI=1S/C17H22O2/c18-17(19)16(13-15-10-6-3-7-11-15)12-14-8-4-1-2-5-9-14/h3,6-7,10-11,13-14H,1-2,4-5,8-9,12H2,(H,18,19). The van der Waals surface area contributed by atoms with Crippen LogP contribution >= 0.6 is 0 Å². The maximum Gasteiger partial charge on any atom is 0.331 e. The van der Waals surface area contributed by atoms with E-state index in [0.29, 0.717) is 17.9 Å². The summed E-state index contributed by atoms with van der Waals surface area (Å²) in [4.78, 5) is 11.4. The van der Waals surface area contributed by atoms with Gasteiger partial charge in [0.2, 0.25) is 0 Å². The summed E-state index contributed by atoms with van der Waals surface area (Å²) in [6, 6.07) is 9.74. The van der Waals surface area contributed by atoms with Crippen LogP contribution in [0.25, 0.3) is 6.08 Å². The van der Waals surface area contributed by atoms with Crippen LogP contribution in [0, 0.1) is 5.92 Å². The monoisotopic (exact) mass is 258 g/mol. The highest BCUT2D eigenvalue weighted by Gasteiger charge is 2.17. The first-order chi connectivity index (χ1) is 9.25. The van der Waals surface area contributed by atoms with Gasteiger partial charge < -0.3 is 5.11 Å². The Labute approximate surface area is 115 Å². The van der Waals surface area contributed by atoms with Gasteiger partial charge in [-0.2, -0.15) is 0 Å². The molecule has 19 heavy (non-hydrogen) atoms. The van der Waals surface area contributed by atoms with Gasteiger partial charge in [-0.1, -0.05) is 68.9 Å². The molecule has 1 N–H and O–H groups in total. The summed E-state index contributed by atoms with van der Waals surface area (Å²) in [5.41, 5.74) is 1.53. The van der Waals surface area contributed by atoms with E-state index in [1.54, 1.807) is 0 Å². The summed E-state index contributed by atoms with van der Waals surface area (Å²) < 4.78 is 0. The first kappa shape index (κ1) is 13.9. The molecule has 1 aliphatic rings. The van der Waals surface area contributed by atoms with E-state index in [-0.39, 0.29) is 0 Å². The number of hydrogen-bond acceptors (Lipinski definition) is 1. The predicted molar refractivity (Wildman–Crippen MR) is 77.9 cm³/mol. The van der Waals surface area contributed by atoms with E-state index in [9.17, 15) is 9.90 Å². The van der Waals surface area contributed by atoms with Gasteiger partial charge in [-0.3, -0.25) is 0 Å². The number of aliphatic carboxylic acids is 1. The number of carboxylic acid groups (broad SMARTS) is 1. The van der Waals surface area contributed by atoms with Crippen molar-refractivity contribution >= 4 is 12.0 Å². The Hall–Kier alpha value is -1.57. The zero-order valence-corrected chi connectivity index (χ0v) is 11.3. The smallest absolute Gasteiger partial charge is 0.331 e. The molecule has 2 heteroatoms. The second kappa shape index (κ2) is 7.13. The topological polar surface area (TPSA) is 37.3 Å². The van der Waals surface area contributed by atoms with Crippen molar-refractivity contribution in [1.29, 1.82) is 0 Å². The molecular formula is C17H22O2. The third-order valence-electron chi connectivity index (χ3n) is 3.90. The first-order valence-electron chi connectivity index (χ1n) is 7.24. The van der Waals surface area contributed by atoms with Crippen molar-refractivity contribution in [2.24, 2.45) is 5.92 Å². The molecule has 0 unspecified atom stereocenters. The lowest BCUT2D eigenvalue weighted by atomic mass is 9.91. The van der Waals surface area contributed by atoms with Crippen molar-refractivity contribution in [1.82, 2.24) is 0 Å². The van der Waals surface area contributed by atoms with Crippen molar-refractivity contribution in [2.75, 3.05) is 0 Å². The molecule has 1 saturated carbocycles. The quantitative estimate of drug-likeness (QED) is 0.637. The zero-order chi connectivity index (χ0) is 13.5. The van der Waals surface area contributed by atoms with E-state index in [1.807, 2.05) is 36.4 Å². The summed E-state index contributed by atoms with van der Waals surface area (Å²) >= 11 is 0. The summed E-state index contributed by atoms with van der Waals surface area (Å²) in [7, 11) is 0. The molecule has 0 atom stereocenters. The van der Waals surface area contributed by atoms with Crippen molar-refractivity contribution in [3.05, 3.63) is 41.5 Å². The Bertz CT molecular complexity index is 426. The van der Waals surface area contributed by atoms with Crippen LogP contribution in [0.1, 0.15) is 50.5 Å². The van der Waals surface area contributed by atoms with Gasteiger partial charge in [0, 0.05) is 5.57 Å². The number of rotatable bonds is 4. The molecule has 0 aliphatic heterocycles. The second-order valence-corrected chi connectivity index (χ2v) is 5.45. The average molecular weight is 258 g/mol. The number of carbonyl (C=O) groups is 1. The van der Waals surface area contributed by atoms with Crippen LogP contribution in [-0.4, -0.2) is 11.1 Å². The highest BCUT2D eigenvalue weighted by atomic mass is 16.4. The Balaban J connectivity index is 2.07. The third-order valence-corrected chi connectivity index (χ3v) is 3.90. The van der Waals surface area contributed by atoms with Crippen LogP contribution in [0.3, 0.4) is 0 Å². The van der Waals surface area contributed by atoms with Gasteiger partial charge in [-0.15, -0.1) is 0 Å². The van der Waals surface area contributed by atoms with Crippen molar-refractivity contribution in [2.45, 2.75) is 44.9 Å². The van der Waals surface area contributed by atoms with Crippen LogP contribution in [-0.2, 0) is 4.79 Å². The highest BCUT2D eigenvalue weighted by molar-refractivity contribution is 5.92. The van der Waals surface area contributed by atoms with Crippen LogP contribution in [0.15, 0.2) is 35.9 Å². The highest BCUT2D eigenvalue weighted by Crippen LogP contribution is 2.28. The summed E-state index contributed by atoms with van der Waals surface area (Å²) in [5, 5.41) is 9.37. The van der Waals surface area contributed by atoms with Crippen molar-refractivity contribution in [3.8, 4) is 0 Å². The molecule has 1 aliphatic carbocycles. The molecule has 0 amide bonds. The summed E-state index contributed by atoms with van der Waals surface area (Å²) in [5.74, 6) is -0.221. The second-order valence-electron chi connectivity index (χ2n) is 5.45. The molecule has 2 nitrogen and oxygen atoms in total. The maximum atomic E-state index is 11.4. The fourth-order valence-electron chi connectivity index (χ4n) is 2.84. The minimum absolute atomic E-state index is 0.550. The van der Waals surface area contributed by atoms with Crippen LogP contribution in [0.5, 0.6) is 0 Å². The lowest BCUT2D eigenvalue weighted by Gasteiger charge is -2.14. The Morgan fingerprint density at radius 1 is 1.11 bits per heavy atom. The van der Waals surface area contributed by atoms with Crippen LogP contribution in [0.2, 0.25) is 0 Å². The van der Waals surface area contributed by atoms with Gasteiger partial charge in [-0.25, -0.2) is 4.79 Å². The maximum absolute atomic E-state index is 11.4. The first-order valence-corrected chi connectivity index (χ1v) is 7.24. The molecule has 2 rings (SSSR count). The number of benzene rings is 1. The molecule has 0 spiro atoms. The average Bonchev–Trinajstić information content (AvgIpc) is 2.68. The molecule has 0 radical (unpaired) electrons. The Morgan fingerprint density at radius 3 is 2.32 bits per heavy atom. The molecule has 102 valence electrons. The van der Waals surface area contributed by atoms with E-state index >= 15 is 0 Å². The Kier molecular flexibility index (Phi) is 5.20. The largest absolute Gasteiger partial charge is 0.478 e. The van der Waals surface area contributed by atoms with Gasteiger partial charge in [0.1, 0.15) is 0 Å². The van der Waals surface area contributed by atoms with Crippen molar-refractivity contribution < 1.29 is 9.90 Å². The molecule has 1 fully saturated rings. The SMILES string of the molecule is O=C(O)C(=Cc1ccccc1)CC1CCCCCC1. The summed E-state index contributed by atoms with van der Waals surface area (Å²) in [6.45, 7) is 0. The lowest BCUT2D eigenvalue weighted by molar-refractivity contribution is -0.132. The number of hydrogen-bond donors (Lipinski definition) is 1. The predicted octanol–water partition coefficient (Wildman–Crippen LogP) is 4.52. The minimum Gasteiger partial charge on any atom is -0.478 e. The summed E-state index contributed by atoms with van der Waals surface area (Å²) in [6.07, 6.45) is 10.0. The molecule has 0 bridgehead atoms. The van der Waals surface area contributed by atoms with E-state index in [1.165, 1.54) is 38.5 Å². The molecule has 0 saturated heterocycles. The van der Waals surface area contributed by atoms with Gasteiger partial charge in [-0.05, 0) is 24.0 Å². The van der Waals surface area contributed by atoms with E-state index in [0.717, 1.165) is 5.56 Å².